The van der Waals surface area contributed by atoms with Gasteiger partial charge in [0.25, 0.3) is 20.2 Å². The number of urea groups is 1. The molecule has 1 aliphatic heterocycles. The van der Waals surface area contributed by atoms with E-state index in [1.165, 1.54) is 0 Å². The van der Waals surface area contributed by atoms with Crippen molar-refractivity contribution in [2.75, 3.05) is 61.6 Å². The van der Waals surface area contributed by atoms with Gasteiger partial charge in [-0.1, -0.05) is 49.4 Å². The first kappa shape index (κ1) is 37.2. The number of morpholine rings is 1. The van der Waals surface area contributed by atoms with Gasteiger partial charge < -0.3 is 19.3 Å². The molecule has 0 spiro atoms. The summed E-state index contributed by atoms with van der Waals surface area (Å²) in [4.78, 5) is 20.5. The van der Waals surface area contributed by atoms with E-state index in [0.29, 0.717) is 23.9 Å². The summed E-state index contributed by atoms with van der Waals surface area (Å²) in [6.45, 7) is 11.1. The van der Waals surface area contributed by atoms with Crippen LogP contribution in [0.5, 0.6) is 5.75 Å². The van der Waals surface area contributed by atoms with Crippen molar-refractivity contribution in [3.05, 3.63) is 60.5 Å². The summed E-state index contributed by atoms with van der Waals surface area (Å²) in [5.41, 5.74) is 3.40. The Kier molecular flexibility index (Phi) is 11.5. The van der Waals surface area contributed by atoms with Gasteiger partial charge in [-0.05, 0) is 30.3 Å². The molecule has 5 aromatic rings. The van der Waals surface area contributed by atoms with Crippen LogP contribution in [0.25, 0.3) is 26.4 Å². The topological polar surface area (TPSA) is 215 Å². The Balaban J connectivity index is 0.000000425. The van der Waals surface area contributed by atoms with Gasteiger partial charge in [0, 0.05) is 48.6 Å². The molecule has 1 saturated heterocycles. The standard InChI is InChI=1S/C29H32N6O4S.C2H6O6S2/c1-29(2,3)25-17-26(33-39-25)32-27(36)30-20-6-4-19(5-7-20)22-18-35-23-9-8-21(16-24(23)40-28(35)31-22)38-15-12-34-10-13-37-14-11-34;3-9(4,5)1-2-10(6,7)8/h4-9,16-18H,10-15H2,1-3H3,(H2,30,32,33,36);1-2H2,(H,3,4,5)(H,6,7,8). The number of thiazole rings is 1. The van der Waals surface area contributed by atoms with Gasteiger partial charge in [0.15, 0.2) is 10.8 Å². The lowest BCUT2D eigenvalue weighted by Gasteiger charge is -2.26. The highest BCUT2D eigenvalue weighted by Crippen LogP contribution is 2.32. The number of hydrogen-bond donors (Lipinski definition) is 4. The number of anilines is 2. The maximum absolute atomic E-state index is 12.4. The van der Waals surface area contributed by atoms with Crippen molar-refractivity contribution >= 4 is 64.3 Å². The number of carbonyl (C=O) groups is 1. The maximum Gasteiger partial charge on any atom is 0.324 e. The van der Waals surface area contributed by atoms with Crippen LogP contribution in [0.4, 0.5) is 16.3 Å². The molecular formula is C31H38N6O10S3. The third-order valence-electron chi connectivity index (χ3n) is 7.37. The highest BCUT2D eigenvalue weighted by molar-refractivity contribution is 7.89. The minimum atomic E-state index is -4.30. The molecule has 4 heterocycles. The van der Waals surface area contributed by atoms with Crippen molar-refractivity contribution in [3.63, 3.8) is 0 Å². The Labute approximate surface area is 292 Å². The van der Waals surface area contributed by atoms with E-state index in [9.17, 15) is 21.6 Å². The van der Waals surface area contributed by atoms with Gasteiger partial charge in [-0.2, -0.15) is 16.8 Å². The van der Waals surface area contributed by atoms with Gasteiger partial charge in [-0.25, -0.2) is 9.78 Å². The smallest absolute Gasteiger partial charge is 0.324 e. The van der Waals surface area contributed by atoms with Gasteiger partial charge in [0.2, 0.25) is 0 Å². The zero-order valence-electron chi connectivity index (χ0n) is 27.5. The second-order valence-corrected chi connectivity index (χ2v) is 16.5. The summed E-state index contributed by atoms with van der Waals surface area (Å²) in [5, 5.41) is 9.45. The summed E-state index contributed by atoms with van der Waals surface area (Å²) in [6, 6.07) is 15.1. The molecule has 3 aromatic heterocycles. The monoisotopic (exact) mass is 750 g/mol. The molecule has 19 heteroatoms. The second-order valence-electron chi connectivity index (χ2n) is 12.4. The summed E-state index contributed by atoms with van der Waals surface area (Å²) < 4.78 is 75.4. The summed E-state index contributed by atoms with van der Waals surface area (Å²) in [7, 11) is -8.59. The molecule has 0 atom stereocenters. The average molecular weight is 751 g/mol. The van der Waals surface area contributed by atoms with E-state index >= 15 is 0 Å². The number of hydrogen-bond acceptors (Lipinski definition) is 12. The van der Waals surface area contributed by atoms with E-state index in [1.54, 1.807) is 17.4 Å². The zero-order chi connectivity index (χ0) is 36.1. The predicted octanol–water partition coefficient (Wildman–Crippen LogP) is 4.62. The highest BCUT2D eigenvalue weighted by Gasteiger charge is 2.20. The number of amides is 2. The van der Waals surface area contributed by atoms with E-state index in [2.05, 4.69) is 37.2 Å². The maximum atomic E-state index is 12.4. The fourth-order valence-electron chi connectivity index (χ4n) is 4.73. The molecule has 0 radical (unpaired) electrons. The molecule has 50 heavy (non-hydrogen) atoms. The average Bonchev–Trinajstić information content (AvgIpc) is 3.76. The number of carbonyl (C=O) groups excluding carboxylic acids is 1. The van der Waals surface area contributed by atoms with Gasteiger partial charge >= 0.3 is 6.03 Å². The molecule has 0 aliphatic carbocycles. The number of ether oxygens (including phenoxy) is 2. The number of imidazole rings is 1. The van der Waals surface area contributed by atoms with Crippen LogP contribution in [-0.2, 0) is 30.4 Å². The summed E-state index contributed by atoms with van der Waals surface area (Å²) in [6.07, 6.45) is 2.04. The number of benzene rings is 2. The van der Waals surface area contributed by atoms with E-state index in [4.69, 9.17) is 28.1 Å². The number of nitrogens with zero attached hydrogens (tertiary/aromatic N) is 4. The van der Waals surface area contributed by atoms with Crippen LogP contribution in [0.1, 0.15) is 26.5 Å². The highest BCUT2D eigenvalue weighted by atomic mass is 32.2. The van der Waals surface area contributed by atoms with Gasteiger partial charge in [0.05, 0.1) is 40.6 Å². The number of aromatic nitrogens is 3. The molecule has 1 aliphatic rings. The Bertz CT molecular complexity index is 2120. The van der Waals surface area contributed by atoms with Crippen molar-refractivity contribution < 1.29 is 44.7 Å². The van der Waals surface area contributed by atoms with Crippen molar-refractivity contribution in [2.24, 2.45) is 0 Å². The van der Waals surface area contributed by atoms with Gasteiger partial charge in [-0.3, -0.25) is 23.7 Å². The van der Waals surface area contributed by atoms with Gasteiger partial charge in [-0.15, -0.1) is 0 Å². The van der Waals surface area contributed by atoms with E-state index < -0.39 is 31.7 Å². The molecule has 2 amide bonds. The lowest BCUT2D eigenvalue weighted by molar-refractivity contribution is 0.0322. The van der Waals surface area contributed by atoms with Crippen LogP contribution in [0.3, 0.4) is 0 Å². The van der Waals surface area contributed by atoms with E-state index in [0.717, 1.165) is 65.0 Å². The van der Waals surface area contributed by atoms with Crippen LogP contribution in [0.2, 0.25) is 0 Å². The largest absolute Gasteiger partial charge is 0.492 e. The predicted molar refractivity (Wildman–Crippen MR) is 189 cm³/mol. The van der Waals surface area contributed by atoms with Crippen LogP contribution in [-0.4, -0.2) is 102 Å². The molecule has 1 fully saturated rings. The quantitative estimate of drug-likeness (QED) is 0.144. The molecule has 270 valence electrons. The first-order valence-electron chi connectivity index (χ1n) is 15.4. The molecule has 0 bridgehead atoms. The van der Waals surface area contributed by atoms with Crippen molar-refractivity contribution in [1.82, 2.24) is 19.4 Å². The van der Waals surface area contributed by atoms with Crippen molar-refractivity contribution in [1.29, 1.82) is 0 Å². The Morgan fingerprint density at radius 1 is 0.980 bits per heavy atom. The molecule has 0 unspecified atom stereocenters. The minimum Gasteiger partial charge on any atom is -0.492 e. The Morgan fingerprint density at radius 2 is 1.66 bits per heavy atom. The molecule has 4 N–H and O–H groups in total. The number of rotatable bonds is 10. The minimum absolute atomic E-state index is 0.187. The zero-order valence-corrected chi connectivity index (χ0v) is 30.0. The second kappa shape index (κ2) is 15.4. The van der Waals surface area contributed by atoms with Crippen LogP contribution in [0, 0.1) is 0 Å². The van der Waals surface area contributed by atoms with Crippen molar-refractivity contribution in [2.45, 2.75) is 26.2 Å². The van der Waals surface area contributed by atoms with Crippen molar-refractivity contribution in [3.8, 4) is 17.0 Å². The Morgan fingerprint density at radius 3 is 2.28 bits per heavy atom. The molecule has 0 saturated carbocycles. The van der Waals surface area contributed by atoms with Crippen LogP contribution in [0.15, 0.2) is 59.3 Å². The summed E-state index contributed by atoms with van der Waals surface area (Å²) in [5.74, 6) is -0.0162. The molecular weight excluding hydrogens is 713 g/mol. The fourth-order valence-corrected chi connectivity index (χ4v) is 7.45. The van der Waals surface area contributed by atoms with Gasteiger partial charge in [0.1, 0.15) is 18.1 Å². The fraction of sp³-hybridized carbons (Fsp3) is 0.387. The van der Waals surface area contributed by atoms with E-state index in [1.807, 2.05) is 57.3 Å². The number of nitrogens with one attached hydrogen (secondary N) is 2. The number of fused-ring (bicyclic) bond motifs is 3. The molecule has 2 aromatic carbocycles. The first-order chi connectivity index (χ1) is 23.5. The third-order valence-corrected chi connectivity index (χ3v) is 10.1. The Hall–Kier alpha value is -4.11. The molecule has 6 rings (SSSR count). The SMILES string of the molecule is CC(C)(C)c1cc(NC(=O)Nc2ccc(-c3cn4c(n3)sc3cc(OCCN5CCOCC5)ccc34)cc2)no1.O=S(=O)(O)CCS(=O)(=O)O. The third kappa shape index (κ3) is 10.7. The first-order valence-corrected chi connectivity index (χ1v) is 19.5. The van der Waals surface area contributed by atoms with E-state index in [-0.39, 0.29) is 11.4 Å². The van der Waals surface area contributed by atoms with Crippen LogP contribution < -0.4 is 15.4 Å². The lowest BCUT2D eigenvalue weighted by Crippen LogP contribution is -2.38. The lowest BCUT2D eigenvalue weighted by atomic mass is 9.93. The molecule has 16 nitrogen and oxygen atoms in total. The normalized spacial score (nSPS) is 14.3. The summed E-state index contributed by atoms with van der Waals surface area (Å²) >= 11 is 1.63. The van der Waals surface area contributed by atoms with Crippen LogP contribution >= 0.6 is 11.3 Å².